The number of anilines is 2. The second-order valence-electron chi connectivity index (χ2n) is 6.79. The molecule has 8 heteroatoms. The molecule has 29 heavy (non-hydrogen) atoms. The van der Waals surface area contributed by atoms with Gasteiger partial charge in [-0.15, -0.1) is 0 Å². The van der Waals surface area contributed by atoms with Crippen LogP contribution in [0, 0.1) is 0 Å². The summed E-state index contributed by atoms with van der Waals surface area (Å²) in [5.41, 5.74) is 1.72. The molecule has 0 atom stereocenters. The minimum Gasteiger partial charge on any atom is -0.478 e. The van der Waals surface area contributed by atoms with E-state index in [1.807, 2.05) is 30.3 Å². The van der Waals surface area contributed by atoms with E-state index < -0.39 is 23.7 Å². The Labute approximate surface area is 167 Å². The lowest BCUT2D eigenvalue weighted by Crippen LogP contribution is -2.42. The Hall–Kier alpha value is -3.81. The maximum atomic E-state index is 12.1. The molecule has 1 aliphatic rings. The molecule has 3 rings (SSSR count). The molecule has 0 aromatic heterocycles. The van der Waals surface area contributed by atoms with Gasteiger partial charge in [0.15, 0.2) is 5.57 Å². The first-order valence-electron chi connectivity index (χ1n) is 8.84. The lowest BCUT2D eigenvalue weighted by atomic mass is 10.1. The average molecular weight is 396 g/mol. The van der Waals surface area contributed by atoms with Gasteiger partial charge in [-0.1, -0.05) is 30.3 Å². The Kier molecular flexibility index (Phi) is 5.54. The Morgan fingerprint density at radius 3 is 2.31 bits per heavy atom. The van der Waals surface area contributed by atoms with Crippen LogP contribution in [-0.2, 0) is 25.6 Å². The van der Waals surface area contributed by atoms with E-state index >= 15 is 0 Å². The highest BCUT2D eigenvalue weighted by Gasteiger charge is 2.39. The van der Waals surface area contributed by atoms with Crippen LogP contribution in [0.1, 0.15) is 29.8 Å². The molecule has 0 bridgehead atoms. The van der Waals surface area contributed by atoms with Crippen molar-refractivity contribution in [2.24, 2.45) is 0 Å². The number of carbonyl (C=O) groups excluding carboxylic acids is 2. The number of nitrogens with one attached hydrogen (secondary N) is 2. The molecule has 8 nitrogen and oxygen atoms in total. The number of rotatable bonds is 6. The zero-order valence-corrected chi connectivity index (χ0v) is 15.9. The summed E-state index contributed by atoms with van der Waals surface area (Å²) >= 11 is 0. The van der Waals surface area contributed by atoms with Gasteiger partial charge in [0.05, 0.1) is 16.9 Å². The zero-order valence-electron chi connectivity index (χ0n) is 15.9. The second kappa shape index (κ2) is 8.05. The first kappa shape index (κ1) is 19.9. The lowest BCUT2D eigenvalue weighted by molar-refractivity contribution is -0.222. The van der Waals surface area contributed by atoms with Crippen LogP contribution in [0.5, 0.6) is 0 Å². The summed E-state index contributed by atoms with van der Waals surface area (Å²) in [6.07, 6.45) is 1.15. The van der Waals surface area contributed by atoms with Crippen LogP contribution in [0.4, 0.5) is 11.4 Å². The van der Waals surface area contributed by atoms with Gasteiger partial charge in [0.2, 0.25) is 0 Å². The standard InChI is InChI=1S/C21H20N2O6/c1-21(2)28-19(26)15(20(27)29-21)12-23-17-10-14(18(24)25)8-9-16(17)22-11-13-6-4-3-5-7-13/h3-10,12,22-23H,11H2,1-2H3,(H,24,25). The fraction of sp³-hybridized carbons (Fsp3) is 0.190. The van der Waals surface area contributed by atoms with E-state index in [2.05, 4.69) is 10.6 Å². The number of hydrogen-bond acceptors (Lipinski definition) is 7. The summed E-state index contributed by atoms with van der Waals surface area (Å²) in [5.74, 6) is -4.09. The lowest BCUT2D eigenvalue weighted by Gasteiger charge is -2.29. The molecular formula is C21H20N2O6. The maximum absolute atomic E-state index is 12.1. The van der Waals surface area contributed by atoms with Gasteiger partial charge in [-0.25, -0.2) is 14.4 Å². The van der Waals surface area contributed by atoms with Gasteiger partial charge in [0.1, 0.15) is 0 Å². The van der Waals surface area contributed by atoms with Crippen LogP contribution in [0.2, 0.25) is 0 Å². The molecule has 3 N–H and O–H groups in total. The molecule has 0 saturated carbocycles. The number of aromatic carboxylic acids is 1. The van der Waals surface area contributed by atoms with Crippen molar-refractivity contribution in [3.8, 4) is 0 Å². The number of hydrogen-bond donors (Lipinski definition) is 3. The smallest absolute Gasteiger partial charge is 0.350 e. The van der Waals surface area contributed by atoms with Crippen LogP contribution >= 0.6 is 0 Å². The average Bonchev–Trinajstić information content (AvgIpc) is 2.66. The van der Waals surface area contributed by atoms with Crippen molar-refractivity contribution in [3.63, 3.8) is 0 Å². The molecule has 1 fully saturated rings. The van der Waals surface area contributed by atoms with E-state index in [1.54, 1.807) is 6.07 Å². The van der Waals surface area contributed by atoms with Crippen LogP contribution in [0.15, 0.2) is 60.3 Å². The predicted octanol–water partition coefficient (Wildman–Crippen LogP) is 3.13. The van der Waals surface area contributed by atoms with Crippen molar-refractivity contribution in [1.82, 2.24) is 0 Å². The zero-order chi connectivity index (χ0) is 21.0. The molecule has 2 aromatic rings. The molecule has 0 amide bonds. The van der Waals surface area contributed by atoms with E-state index in [-0.39, 0.29) is 11.1 Å². The Morgan fingerprint density at radius 2 is 1.69 bits per heavy atom. The molecule has 0 radical (unpaired) electrons. The van der Waals surface area contributed by atoms with E-state index in [0.29, 0.717) is 17.9 Å². The molecule has 1 aliphatic heterocycles. The quantitative estimate of drug-likeness (QED) is 0.388. The van der Waals surface area contributed by atoms with Gasteiger partial charge >= 0.3 is 17.9 Å². The van der Waals surface area contributed by atoms with Crippen LogP contribution in [0.3, 0.4) is 0 Å². The molecule has 0 aliphatic carbocycles. The van der Waals surface area contributed by atoms with Crippen molar-refractivity contribution in [2.75, 3.05) is 10.6 Å². The summed E-state index contributed by atoms with van der Waals surface area (Å²) in [7, 11) is 0. The number of ether oxygens (including phenoxy) is 2. The monoisotopic (exact) mass is 396 g/mol. The van der Waals surface area contributed by atoms with E-state index in [1.165, 1.54) is 26.0 Å². The summed E-state index contributed by atoms with van der Waals surface area (Å²) in [5, 5.41) is 15.3. The van der Waals surface area contributed by atoms with Gasteiger partial charge in [-0.2, -0.15) is 0 Å². The van der Waals surface area contributed by atoms with Crippen molar-refractivity contribution in [3.05, 3.63) is 71.4 Å². The highest BCUT2D eigenvalue weighted by molar-refractivity contribution is 6.15. The molecule has 1 saturated heterocycles. The molecule has 1 heterocycles. The third-order valence-electron chi connectivity index (χ3n) is 4.08. The van der Waals surface area contributed by atoms with Crippen LogP contribution < -0.4 is 10.6 Å². The largest absolute Gasteiger partial charge is 0.478 e. The summed E-state index contributed by atoms with van der Waals surface area (Å²) in [6, 6.07) is 14.1. The van der Waals surface area contributed by atoms with Gasteiger partial charge in [-0.05, 0) is 23.8 Å². The molecule has 0 unspecified atom stereocenters. The Balaban J connectivity index is 1.84. The topological polar surface area (TPSA) is 114 Å². The number of carboxylic acid groups (broad SMARTS) is 1. The minimum atomic E-state index is -1.34. The number of cyclic esters (lactones) is 2. The Morgan fingerprint density at radius 1 is 1.03 bits per heavy atom. The SMILES string of the molecule is CC1(C)OC(=O)C(=CNc2cc(C(=O)O)ccc2NCc2ccccc2)C(=O)O1. The van der Waals surface area contributed by atoms with Crippen LogP contribution in [0.25, 0.3) is 0 Å². The Bertz CT molecular complexity index is 960. The van der Waals surface area contributed by atoms with Crippen molar-refractivity contribution in [2.45, 2.75) is 26.2 Å². The number of esters is 2. The van der Waals surface area contributed by atoms with Crippen molar-refractivity contribution < 1.29 is 29.0 Å². The van der Waals surface area contributed by atoms with Gasteiger partial charge in [0, 0.05) is 26.6 Å². The first-order chi connectivity index (χ1) is 13.7. The molecule has 2 aromatic carbocycles. The first-order valence-corrected chi connectivity index (χ1v) is 8.84. The van der Waals surface area contributed by atoms with Gasteiger partial charge in [-0.3, -0.25) is 0 Å². The third kappa shape index (κ3) is 4.92. The fourth-order valence-corrected chi connectivity index (χ4v) is 2.67. The third-order valence-corrected chi connectivity index (χ3v) is 4.08. The van der Waals surface area contributed by atoms with Gasteiger partial charge < -0.3 is 25.2 Å². The molecule has 150 valence electrons. The number of carboxylic acids is 1. The molecule has 0 spiro atoms. The number of carbonyl (C=O) groups is 3. The summed E-state index contributed by atoms with van der Waals surface area (Å²) in [6.45, 7) is 3.40. The summed E-state index contributed by atoms with van der Waals surface area (Å²) < 4.78 is 10.1. The normalized spacial score (nSPS) is 15.2. The predicted molar refractivity (Wildman–Crippen MR) is 105 cm³/mol. The van der Waals surface area contributed by atoms with E-state index in [0.717, 1.165) is 11.8 Å². The summed E-state index contributed by atoms with van der Waals surface area (Å²) in [4.78, 5) is 35.5. The van der Waals surface area contributed by atoms with Gasteiger partial charge in [0.25, 0.3) is 5.79 Å². The fourth-order valence-electron chi connectivity index (χ4n) is 2.67. The minimum absolute atomic E-state index is 0.0473. The maximum Gasteiger partial charge on any atom is 0.350 e. The highest BCUT2D eigenvalue weighted by Crippen LogP contribution is 2.26. The van der Waals surface area contributed by atoms with E-state index in [9.17, 15) is 19.5 Å². The van der Waals surface area contributed by atoms with E-state index in [4.69, 9.17) is 9.47 Å². The second-order valence-corrected chi connectivity index (χ2v) is 6.79. The number of benzene rings is 2. The highest BCUT2D eigenvalue weighted by atomic mass is 16.7. The molecular weight excluding hydrogens is 376 g/mol. The van der Waals surface area contributed by atoms with Crippen molar-refractivity contribution >= 4 is 29.3 Å². The van der Waals surface area contributed by atoms with Crippen LogP contribution in [-0.4, -0.2) is 28.8 Å². The van der Waals surface area contributed by atoms with Crippen molar-refractivity contribution in [1.29, 1.82) is 0 Å².